The molecule has 3 fully saturated rings. The van der Waals surface area contributed by atoms with Gasteiger partial charge in [0.15, 0.2) is 0 Å². The molecule has 6 rings (SSSR count). The van der Waals surface area contributed by atoms with E-state index >= 15 is 0 Å². The van der Waals surface area contributed by atoms with Crippen molar-refractivity contribution in [3.63, 3.8) is 0 Å². The van der Waals surface area contributed by atoms with Crippen molar-refractivity contribution in [2.45, 2.75) is 95.1 Å². The highest BCUT2D eigenvalue weighted by Gasteiger charge is 2.47. The summed E-state index contributed by atoms with van der Waals surface area (Å²) in [7, 11) is 0. The lowest BCUT2D eigenvalue weighted by molar-refractivity contribution is -0.140. The van der Waals surface area contributed by atoms with E-state index in [1.807, 2.05) is 29.2 Å². The van der Waals surface area contributed by atoms with E-state index in [0.717, 1.165) is 46.1 Å². The highest BCUT2D eigenvalue weighted by Crippen LogP contribution is 2.32. The maximum atomic E-state index is 13.9. The lowest BCUT2D eigenvalue weighted by Crippen LogP contribution is -2.50. The smallest absolute Gasteiger partial charge is 0.317 e. The Morgan fingerprint density at radius 3 is 1.99 bits per heavy atom. The fraction of sp³-hybridized carbons (Fsp3) is 0.557. The van der Waals surface area contributed by atoms with Crippen LogP contribution in [0.15, 0.2) is 70.0 Å². The van der Waals surface area contributed by atoms with Gasteiger partial charge in [-0.25, -0.2) is 14.2 Å². The number of piperidine rings is 1. The van der Waals surface area contributed by atoms with E-state index < -0.39 is 73.1 Å². The molecule has 3 aliphatic rings. The van der Waals surface area contributed by atoms with E-state index in [-0.39, 0.29) is 115 Å². The molecule has 92 heavy (non-hydrogen) atoms. The minimum absolute atomic E-state index is 0.0813. The molecule has 3 aliphatic heterocycles. The predicted octanol–water partition coefficient (Wildman–Crippen LogP) is 2.68. The number of carboxylic acids is 3. The summed E-state index contributed by atoms with van der Waals surface area (Å²) in [6.07, 6.45) is 12.2. The molecule has 28 nitrogen and oxygen atoms in total. The number of nitriles is 1. The normalized spacial score (nSPS) is 17.8. The molecule has 500 valence electrons. The van der Waals surface area contributed by atoms with Crippen LogP contribution in [0.3, 0.4) is 0 Å². The fourth-order valence-electron chi connectivity index (χ4n) is 10.7. The Hall–Kier alpha value is -8.06. The number of nitrogens with zero attached hydrogens (tertiary/aromatic N) is 11. The lowest BCUT2D eigenvalue weighted by Gasteiger charge is -2.33. The molecule has 1 unspecified atom stereocenters. The van der Waals surface area contributed by atoms with Crippen LogP contribution in [0.25, 0.3) is 10.9 Å². The number of unbranched alkanes of at least 4 members (excludes halogenated alkanes) is 3. The predicted molar refractivity (Wildman–Crippen MR) is 345 cm³/mol. The third kappa shape index (κ3) is 27.0. The minimum atomic E-state index is -3.17. The van der Waals surface area contributed by atoms with Gasteiger partial charge in [0, 0.05) is 119 Å². The first-order valence-electron chi connectivity index (χ1n) is 30.8. The van der Waals surface area contributed by atoms with E-state index in [4.69, 9.17) is 4.74 Å². The fourth-order valence-corrected chi connectivity index (χ4v) is 11.1. The third-order valence-electron chi connectivity index (χ3n) is 15.7. The first-order chi connectivity index (χ1) is 44.2. The monoisotopic (exact) mass is 1400 g/mol. The molecule has 0 spiro atoms. The number of hydrazone groups is 3. The number of aliphatic carboxylic acids is 3. The molecule has 2 aromatic carbocycles. The molecule has 3 aromatic rings. The summed E-state index contributed by atoms with van der Waals surface area (Å²) in [6, 6.07) is 14.2. The number of nitrogens with one attached hydrogen (secondary N) is 5. The summed E-state index contributed by atoms with van der Waals surface area (Å²) in [6.45, 7) is 1.29. The van der Waals surface area contributed by atoms with Crippen LogP contribution < -0.4 is 31.6 Å². The Balaban J connectivity index is 0.897. The van der Waals surface area contributed by atoms with E-state index in [1.165, 1.54) is 24.7 Å². The maximum absolute atomic E-state index is 13.9. The second-order valence-electron chi connectivity index (χ2n) is 22.8. The zero-order valence-electron chi connectivity index (χ0n) is 51.4. The molecule has 0 saturated carbocycles. The Morgan fingerprint density at radius 1 is 0.739 bits per heavy atom. The molecule has 4 heterocycles. The van der Waals surface area contributed by atoms with Crippen molar-refractivity contribution in [2.75, 3.05) is 118 Å². The van der Waals surface area contributed by atoms with E-state index in [0.29, 0.717) is 68.0 Å². The number of amides is 5. The number of carbonyl (C=O) groups is 8. The number of carboxylic acid groups (broad SMARTS) is 3. The number of ether oxygens (including phenoxy) is 1. The van der Waals surface area contributed by atoms with Crippen LogP contribution in [0.2, 0.25) is 0 Å². The van der Waals surface area contributed by atoms with E-state index in [9.17, 15) is 67.7 Å². The SMILES string of the molecule is N#C[C@H]1CC(F)(F)CN1C(=O)CNC(=O)c1ccnc2ccc(OCCCCC3CCN(C(=O)CCCCCC(=O)N/N=C\C(C/C=N/NCN/N=C/c4ccc(I)cc4)NC(=O)CN4CCN(CC(=O)O)CCN(CC(=O)O)CCN(CC(=O)O)CC4)CC3)cc12. The van der Waals surface area contributed by atoms with Gasteiger partial charge in [-0.05, 0) is 109 Å². The van der Waals surface area contributed by atoms with Crippen molar-refractivity contribution in [3.8, 4) is 11.8 Å². The van der Waals surface area contributed by atoms with E-state index in [1.54, 1.807) is 50.1 Å². The molecule has 0 bridgehead atoms. The van der Waals surface area contributed by atoms with E-state index in [2.05, 4.69) is 69.8 Å². The van der Waals surface area contributed by atoms with Gasteiger partial charge in [-0.2, -0.15) is 20.6 Å². The summed E-state index contributed by atoms with van der Waals surface area (Å²) in [5.41, 5.74) is 9.85. The van der Waals surface area contributed by atoms with Crippen molar-refractivity contribution in [1.82, 2.24) is 61.3 Å². The third-order valence-corrected chi connectivity index (χ3v) is 16.4. The number of benzene rings is 2. The van der Waals surface area contributed by atoms with Gasteiger partial charge in [-0.1, -0.05) is 25.0 Å². The number of fused-ring (bicyclic) bond motifs is 1. The van der Waals surface area contributed by atoms with Crippen LogP contribution in [-0.4, -0.2) is 252 Å². The molecule has 5 amide bonds. The van der Waals surface area contributed by atoms with Gasteiger partial charge in [0.05, 0.1) is 75.3 Å². The Kier molecular flexibility index (Phi) is 30.7. The molecule has 1 aromatic heterocycles. The van der Waals surface area contributed by atoms with Crippen LogP contribution in [0.4, 0.5) is 8.78 Å². The topological polar surface area (TPSA) is 360 Å². The Labute approximate surface area is 546 Å². The lowest BCUT2D eigenvalue weighted by atomic mass is 9.91. The second-order valence-corrected chi connectivity index (χ2v) is 24.0. The molecule has 3 saturated heterocycles. The first kappa shape index (κ1) is 73.0. The second kappa shape index (κ2) is 38.7. The van der Waals surface area contributed by atoms with Crippen molar-refractivity contribution in [1.29, 1.82) is 5.26 Å². The number of alkyl halides is 2. The highest BCUT2D eigenvalue weighted by atomic mass is 127. The largest absolute Gasteiger partial charge is 0.494 e. The number of pyridine rings is 1. The number of carbonyl (C=O) groups excluding carboxylic acids is 5. The summed E-state index contributed by atoms with van der Waals surface area (Å²) in [5, 5.41) is 56.4. The van der Waals surface area contributed by atoms with Gasteiger partial charge in [0.25, 0.3) is 11.8 Å². The van der Waals surface area contributed by atoms with Gasteiger partial charge in [-0.3, -0.25) is 73.8 Å². The van der Waals surface area contributed by atoms with Gasteiger partial charge >= 0.3 is 17.9 Å². The molecular weight excluding hydrogens is 1310 g/mol. The van der Waals surface area contributed by atoms with Crippen LogP contribution in [0.5, 0.6) is 5.75 Å². The average molecular weight is 1400 g/mol. The molecule has 31 heteroatoms. The van der Waals surface area contributed by atoms with Crippen molar-refractivity contribution in [2.24, 2.45) is 21.2 Å². The molecule has 0 aliphatic carbocycles. The molecule has 0 radical (unpaired) electrons. The summed E-state index contributed by atoms with van der Waals surface area (Å²) < 4.78 is 34.9. The first-order valence-corrected chi connectivity index (χ1v) is 31.9. The number of likely N-dealkylation sites (tertiary alicyclic amines) is 2. The van der Waals surface area contributed by atoms with Gasteiger partial charge in [-0.15, -0.1) is 0 Å². The number of hydrogen-bond acceptors (Lipinski definition) is 20. The zero-order chi connectivity index (χ0) is 66.3. The van der Waals surface area contributed by atoms with Crippen LogP contribution in [-0.2, 0) is 33.6 Å². The Bertz CT molecular complexity index is 3050. The quantitative estimate of drug-likeness (QED) is 0.0143. The maximum Gasteiger partial charge on any atom is 0.317 e. The molecule has 2 atom stereocenters. The number of rotatable bonds is 33. The van der Waals surface area contributed by atoms with Gasteiger partial charge in [0.1, 0.15) is 18.5 Å². The van der Waals surface area contributed by atoms with Crippen molar-refractivity contribution in [3.05, 3.63) is 69.4 Å². The van der Waals surface area contributed by atoms with Crippen LogP contribution >= 0.6 is 22.6 Å². The molecular formula is C61H83F2IN16O12. The summed E-state index contributed by atoms with van der Waals surface area (Å²) in [4.78, 5) is 115. The van der Waals surface area contributed by atoms with Gasteiger partial charge < -0.3 is 40.5 Å². The number of halogens is 3. The highest BCUT2D eigenvalue weighted by molar-refractivity contribution is 14.1. The van der Waals surface area contributed by atoms with Gasteiger partial charge in [0.2, 0.25) is 23.6 Å². The molecule has 8 N–H and O–H groups in total. The average Bonchev–Trinajstić information content (AvgIpc) is 1.47. The Morgan fingerprint density at radius 2 is 1.36 bits per heavy atom. The van der Waals surface area contributed by atoms with Crippen molar-refractivity contribution >= 4 is 99.6 Å². The van der Waals surface area contributed by atoms with Crippen LogP contribution in [0, 0.1) is 20.8 Å². The number of aromatic nitrogens is 1. The van der Waals surface area contributed by atoms with Crippen molar-refractivity contribution < 1.29 is 67.2 Å². The van der Waals surface area contributed by atoms with Crippen LogP contribution in [0.1, 0.15) is 93.0 Å². The number of hydrogen-bond donors (Lipinski definition) is 8. The summed E-state index contributed by atoms with van der Waals surface area (Å²) in [5.74, 6) is -7.46. The zero-order valence-corrected chi connectivity index (χ0v) is 53.6. The standard InChI is InChI=1S/C61H83F2IN16O12/c62-61(63)33-48(34-65)80(42-61)56(84)37-67-60(91)50-16-19-66-52-14-13-49(32-51(50)52)92-31-5-4-6-44-17-21-79(22-18-44)55(83)8-3-1-2-7-53(81)74-70-36-47(15-20-68-71-43-72-69-35-45-9-11-46(64)12-10-45)73-54(82)38-75-23-25-76(39-57(85)86)27-29-78(41-59(89)90)30-28-77(26-24-75)40-58(87)88/h9-14,16,19-20,32,35-36,44,47-48,71-72H,1-8,15,17-18,21-31,33,37-43H2,(H,67,91)(H,73,82)(H,74,81)(H,85,86)(H,87,88)(H,89,90)/b68-20+,69-35+,70-36-/t47?,48-/m1/s1. The minimum Gasteiger partial charge on any atom is -0.494 e. The summed E-state index contributed by atoms with van der Waals surface area (Å²) >= 11 is 2.22.